The van der Waals surface area contributed by atoms with E-state index in [1.54, 1.807) is 0 Å². The van der Waals surface area contributed by atoms with Gasteiger partial charge in [0.2, 0.25) is 0 Å². The van der Waals surface area contributed by atoms with E-state index in [2.05, 4.69) is 96.7 Å². The fourth-order valence-electron chi connectivity index (χ4n) is 7.15. The third-order valence-corrected chi connectivity index (χ3v) is 9.43. The Balaban J connectivity index is 0.00000308. The van der Waals surface area contributed by atoms with Gasteiger partial charge in [0, 0.05) is 33.3 Å². The molecule has 0 saturated heterocycles. The second-order valence-electron chi connectivity index (χ2n) is 13.8. The van der Waals surface area contributed by atoms with Gasteiger partial charge in [0.05, 0.1) is 0 Å². The van der Waals surface area contributed by atoms with Gasteiger partial charge in [-0.3, -0.25) is 0 Å². The van der Waals surface area contributed by atoms with E-state index in [1.165, 1.54) is 97.8 Å². The van der Waals surface area contributed by atoms with E-state index in [9.17, 15) is 0 Å². The molecule has 3 nitrogen and oxygen atoms in total. The van der Waals surface area contributed by atoms with Crippen LogP contribution < -0.4 is 0 Å². The molecule has 2 aromatic carbocycles. The summed E-state index contributed by atoms with van der Waals surface area (Å²) in [5.41, 5.74) is 7.84. The number of para-hydroxylation sites is 2. The molecule has 0 atom stereocenters. The van der Waals surface area contributed by atoms with Crippen LogP contribution in [0.5, 0.6) is 0 Å². The van der Waals surface area contributed by atoms with Crippen molar-refractivity contribution < 1.29 is 1.43 Å². The van der Waals surface area contributed by atoms with E-state index in [0.29, 0.717) is 35.8 Å². The molecule has 0 unspecified atom stereocenters. The van der Waals surface area contributed by atoms with Crippen LogP contribution in [0.15, 0.2) is 36.4 Å². The third kappa shape index (κ3) is 8.39. The number of hydrogen-bond acceptors (Lipinski definition) is 1. The SMILES string of the molecule is CC(C)c1cccc(C(C)C)c1[N-]C([N-]c1c(C(C)C)cccc1C(C)C)N(C1CCCCC1)C1CCCCC1.[Ga].[HH]. The summed E-state index contributed by atoms with van der Waals surface area (Å²) in [6.07, 6.45) is 13.0. The summed E-state index contributed by atoms with van der Waals surface area (Å²) in [5.74, 6) is 1.69. The molecule has 2 aromatic rings. The van der Waals surface area contributed by atoms with Gasteiger partial charge in [0.25, 0.3) is 0 Å². The van der Waals surface area contributed by atoms with Crippen LogP contribution >= 0.6 is 0 Å². The van der Waals surface area contributed by atoms with Gasteiger partial charge < -0.3 is 15.5 Å². The van der Waals surface area contributed by atoms with Gasteiger partial charge in [-0.2, -0.15) is 0 Å². The fraction of sp³-hybridized carbons (Fsp3) is 0.676. The first-order chi connectivity index (χ1) is 19.2. The average molecular weight is 616 g/mol. The Hall–Kier alpha value is -1.36. The summed E-state index contributed by atoms with van der Waals surface area (Å²) in [5, 5.41) is 11.6. The molecule has 0 aliphatic heterocycles. The van der Waals surface area contributed by atoms with Crippen LogP contribution in [0.25, 0.3) is 10.6 Å². The normalized spacial score (nSPS) is 17.2. The number of nitrogens with zero attached hydrogens (tertiary/aromatic N) is 3. The minimum atomic E-state index is -0.194. The maximum absolute atomic E-state index is 5.81. The molecule has 2 saturated carbocycles. The van der Waals surface area contributed by atoms with E-state index < -0.39 is 0 Å². The Morgan fingerprint density at radius 2 is 0.829 bits per heavy atom. The molecule has 2 fully saturated rings. The molecular formula is C37H59GaN3-2. The van der Waals surface area contributed by atoms with Crippen molar-refractivity contribution in [1.82, 2.24) is 4.90 Å². The van der Waals surface area contributed by atoms with Crippen LogP contribution in [0, 0.1) is 0 Å². The van der Waals surface area contributed by atoms with Gasteiger partial charge in [0.15, 0.2) is 0 Å². The van der Waals surface area contributed by atoms with Crippen molar-refractivity contribution in [3.05, 3.63) is 69.3 Å². The van der Waals surface area contributed by atoms with Crippen molar-refractivity contribution in [1.29, 1.82) is 0 Å². The molecule has 0 spiro atoms. The summed E-state index contributed by atoms with van der Waals surface area (Å²) < 4.78 is 0. The van der Waals surface area contributed by atoms with E-state index in [1.807, 2.05) is 0 Å². The van der Waals surface area contributed by atoms with Crippen LogP contribution in [-0.2, 0) is 0 Å². The molecule has 0 amide bonds. The van der Waals surface area contributed by atoms with Crippen molar-refractivity contribution >= 4 is 31.2 Å². The Labute approximate surface area is 267 Å². The Morgan fingerprint density at radius 1 is 0.537 bits per heavy atom. The topological polar surface area (TPSA) is 31.4 Å². The smallest absolute Gasteiger partial charge is 0.00683 e. The van der Waals surface area contributed by atoms with Crippen LogP contribution in [0.4, 0.5) is 11.4 Å². The average Bonchev–Trinajstić information content (AvgIpc) is 2.94. The van der Waals surface area contributed by atoms with Crippen molar-refractivity contribution in [2.24, 2.45) is 0 Å². The monoisotopic (exact) mass is 614 g/mol. The largest absolute Gasteiger partial charge is 0.684 e. The standard InChI is InChI=1S/C37H57N3.Ga.H2/c1-25(2)31-21-15-22-32(26(3)4)35(31)38-37(39-36-33(27(5)6)23-16-24-34(36)28(7)8)40(29-17-11-9-12-18-29)30-19-13-10-14-20-30;;/h15-16,21-30,37H,9-14,17-20H2,1-8H3;;1H/q-2;;. The van der Waals surface area contributed by atoms with Crippen molar-refractivity contribution in [2.45, 2.75) is 162 Å². The van der Waals surface area contributed by atoms with Gasteiger partial charge in [-0.1, -0.05) is 153 Å². The summed E-state index contributed by atoms with van der Waals surface area (Å²) in [6, 6.07) is 14.8. The minimum Gasteiger partial charge on any atom is -0.684 e. The Bertz CT molecular complexity index is 935. The predicted octanol–water partition coefficient (Wildman–Crippen LogP) is 12.0. The molecule has 0 bridgehead atoms. The molecule has 2 aliphatic carbocycles. The summed E-state index contributed by atoms with van der Waals surface area (Å²) >= 11 is 0. The van der Waals surface area contributed by atoms with Crippen LogP contribution in [-0.4, -0.2) is 43.1 Å². The van der Waals surface area contributed by atoms with Crippen LogP contribution in [0.1, 0.15) is 167 Å². The van der Waals surface area contributed by atoms with Gasteiger partial charge in [0.1, 0.15) is 0 Å². The third-order valence-electron chi connectivity index (χ3n) is 9.43. The molecule has 0 N–H and O–H groups in total. The first kappa shape index (κ1) is 34.1. The molecular weight excluding hydrogens is 556 g/mol. The van der Waals surface area contributed by atoms with Crippen molar-refractivity contribution in [3.8, 4) is 0 Å². The maximum atomic E-state index is 5.81. The molecule has 227 valence electrons. The Kier molecular flexibility index (Phi) is 13.3. The zero-order valence-electron chi connectivity index (χ0n) is 27.5. The number of benzene rings is 2. The van der Waals surface area contributed by atoms with Crippen LogP contribution in [0.3, 0.4) is 0 Å². The maximum Gasteiger partial charge on any atom is 0.00683 e. The summed E-state index contributed by atoms with van der Waals surface area (Å²) in [7, 11) is 0. The van der Waals surface area contributed by atoms with Gasteiger partial charge in [-0.25, -0.2) is 0 Å². The van der Waals surface area contributed by atoms with E-state index in [-0.39, 0.29) is 27.5 Å². The first-order valence-corrected chi connectivity index (χ1v) is 16.6. The summed E-state index contributed by atoms with van der Waals surface area (Å²) in [6.45, 7) is 18.5. The molecule has 2 aliphatic rings. The van der Waals surface area contributed by atoms with E-state index in [4.69, 9.17) is 10.6 Å². The molecule has 4 heteroatoms. The van der Waals surface area contributed by atoms with Gasteiger partial charge in [-0.05, 0) is 49.4 Å². The number of rotatable bonds is 11. The first-order valence-electron chi connectivity index (χ1n) is 16.6. The quantitative estimate of drug-likeness (QED) is 0.231. The molecule has 3 radical (unpaired) electrons. The Morgan fingerprint density at radius 3 is 1.10 bits per heavy atom. The molecule has 4 rings (SSSR count). The second-order valence-corrected chi connectivity index (χ2v) is 13.8. The van der Waals surface area contributed by atoms with Crippen LogP contribution in [0.2, 0.25) is 0 Å². The zero-order valence-corrected chi connectivity index (χ0v) is 29.9. The fourth-order valence-corrected chi connectivity index (χ4v) is 7.15. The second kappa shape index (κ2) is 15.9. The molecule has 41 heavy (non-hydrogen) atoms. The van der Waals surface area contributed by atoms with Crippen molar-refractivity contribution in [2.75, 3.05) is 0 Å². The van der Waals surface area contributed by atoms with Gasteiger partial charge >= 0.3 is 0 Å². The minimum absolute atomic E-state index is 0. The van der Waals surface area contributed by atoms with Crippen molar-refractivity contribution in [3.63, 3.8) is 0 Å². The zero-order chi connectivity index (χ0) is 28.8. The van der Waals surface area contributed by atoms with E-state index >= 15 is 0 Å². The summed E-state index contributed by atoms with van der Waals surface area (Å²) in [4.78, 5) is 2.83. The number of hydrogen-bond donors (Lipinski definition) is 0. The molecule has 0 heterocycles. The van der Waals surface area contributed by atoms with Gasteiger partial charge in [-0.15, -0.1) is 17.7 Å². The predicted molar refractivity (Wildman–Crippen MR) is 183 cm³/mol. The van der Waals surface area contributed by atoms with E-state index in [0.717, 1.165) is 0 Å². The molecule has 0 aromatic heterocycles.